The largest absolute Gasteiger partial charge is 0.468 e. The Bertz CT molecular complexity index is 747. The zero-order valence-corrected chi connectivity index (χ0v) is 15.9. The molecule has 1 aliphatic rings. The predicted octanol–water partition coefficient (Wildman–Crippen LogP) is 4.74. The summed E-state index contributed by atoms with van der Waals surface area (Å²) in [4.78, 5) is 14.7. The summed E-state index contributed by atoms with van der Waals surface area (Å²) in [5.74, 6) is 0.00356. The van der Waals surface area contributed by atoms with Gasteiger partial charge in [0.05, 0.1) is 7.11 Å². The average Bonchev–Trinajstić information content (AvgIpc) is 3.00. The fourth-order valence-electron chi connectivity index (χ4n) is 3.68. The van der Waals surface area contributed by atoms with Crippen LogP contribution in [0, 0.1) is 5.92 Å². The second-order valence-corrected chi connectivity index (χ2v) is 7.15. The Morgan fingerprint density at radius 3 is 2.56 bits per heavy atom. The molecule has 0 aliphatic carbocycles. The third-order valence-electron chi connectivity index (χ3n) is 4.87. The standard InChI is InChI=1S/C21H22BrNO2/c1-3-16-13-19(21(24)25-2)23(14-15-9-5-4-6-10-15)20(16)17-11-7-8-12-18(17)22/h3-12,16,19-20H,1,13-14H2,2H3/t16-,19-,20-/m1/s1. The maximum absolute atomic E-state index is 12.4. The van der Waals surface area contributed by atoms with Gasteiger partial charge in [0.15, 0.2) is 0 Å². The molecule has 1 fully saturated rings. The molecule has 0 radical (unpaired) electrons. The number of benzene rings is 2. The monoisotopic (exact) mass is 399 g/mol. The van der Waals surface area contributed by atoms with E-state index in [-0.39, 0.29) is 24.0 Å². The fourth-order valence-corrected chi connectivity index (χ4v) is 4.20. The molecule has 2 aromatic carbocycles. The number of methoxy groups -OCH3 is 1. The van der Waals surface area contributed by atoms with Crippen molar-refractivity contribution in [1.82, 2.24) is 4.90 Å². The van der Waals surface area contributed by atoms with Crippen LogP contribution in [0.15, 0.2) is 71.7 Å². The summed E-state index contributed by atoms with van der Waals surface area (Å²) < 4.78 is 6.13. The van der Waals surface area contributed by atoms with Gasteiger partial charge in [-0.15, -0.1) is 6.58 Å². The normalized spacial score (nSPS) is 23.4. The van der Waals surface area contributed by atoms with Gasteiger partial charge in [-0.05, 0) is 29.5 Å². The molecule has 0 amide bonds. The van der Waals surface area contributed by atoms with Gasteiger partial charge in [0, 0.05) is 17.1 Å². The van der Waals surface area contributed by atoms with Crippen LogP contribution in [0.25, 0.3) is 0 Å². The first-order valence-corrected chi connectivity index (χ1v) is 9.19. The summed E-state index contributed by atoms with van der Waals surface area (Å²) in [6.45, 7) is 4.71. The van der Waals surface area contributed by atoms with Crippen molar-refractivity contribution < 1.29 is 9.53 Å². The highest BCUT2D eigenvalue weighted by molar-refractivity contribution is 9.10. The van der Waals surface area contributed by atoms with E-state index in [4.69, 9.17) is 4.74 Å². The zero-order valence-electron chi connectivity index (χ0n) is 14.3. The van der Waals surface area contributed by atoms with Crippen molar-refractivity contribution in [2.24, 2.45) is 5.92 Å². The molecular formula is C21H22BrNO2. The lowest BCUT2D eigenvalue weighted by molar-refractivity contribution is -0.146. The number of carbonyl (C=O) groups excluding carboxylic acids is 1. The summed E-state index contributed by atoms with van der Waals surface area (Å²) >= 11 is 3.67. The van der Waals surface area contributed by atoms with Crippen molar-refractivity contribution in [1.29, 1.82) is 0 Å². The Balaban J connectivity index is 2.02. The molecule has 0 bridgehead atoms. The van der Waals surface area contributed by atoms with Gasteiger partial charge in [0.2, 0.25) is 0 Å². The van der Waals surface area contributed by atoms with E-state index in [9.17, 15) is 4.79 Å². The lowest BCUT2D eigenvalue weighted by Gasteiger charge is -2.31. The fraction of sp³-hybridized carbons (Fsp3) is 0.286. The molecule has 0 aromatic heterocycles. The van der Waals surface area contributed by atoms with E-state index in [1.165, 1.54) is 18.2 Å². The van der Waals surface area contributed by atoms with Gasteiger partial charge >= 0.3 is 5.97 Å². The van der Waals surface area contributed by atoms with Crippen LogP contribution in [-0.4, -0.2) is 24.0 Å². The first kappa shape index (κ1) is 17.9. The third kappa shape index (κ3) is 3.70. The third-order valence-corrected chi connectivity index (χ3v) is 5.59. The summed E-state index contributed by atoms with van der Waals surface area (Å²) in [7, 11) is 1.46. The van der Waals surface area contributed by atoms with Crippen LogP contribution in [0.4, 0.5) is 0 Å². The van der Waals surface area contributed by atoms with Gasteiger partial charge in [-0.2, -0.15) is 0 Å². The van der Waals surface area contributed by atoms with E-state index in [1.807, 2.05) is 42.5 Å². The van der Waals surface area contributed by atoms with Gasteiger partial charge < -0.3 is 4.74 Å². The van der Waals surface area contributed by atoms with Crippen LogP contribution in [0.1, 0.15) is 23.6 Å². The first-order valence-electron chi connectivity index (χ1n) is 8.40. The average molecular weight is 400 g/mol. The van der Waals surface area contributed by atoms with E-state index in [0.717, 1.165) is 10.9 Å². The number of esters is 1. The molecule has 0 unspecified atom stereocenters. The van der Waals surface area contributed by atoms with E-state index >= 15 is 0 Å². The second-order valence-electron chi connectivity index (χ2n) is 6.30. The first-order chi connectivity index (χ1) is 12.2. The number of hydrogen-bond donors (Lipinski definition) is 0. The second kappa shape index (κ2) is 7.98. The van der Waals surface area contributed by atoms with Gasteiger partial charge in [-0.25, -0.2) is 0 Å². The highest BCUT2D eigenvalue weighted by Gasteiger charge is 2.44. The van der Waals surface area contributed by atoms with E-state index in [2.05, 4.69) is 45.6 Å². The molecule has 0 saturated carbocycles. The SMILES string of the molecule is C=C[C@@H]1C[C@H](C(=O)OC)N(Cc2ccccc2)[C@H]1c1ccccc1Br. The number of nitrogens with zero attached hydrogens (tertiary/aromatic N) is 1. The highest BCUT2D eigenvalue weighted by Crippen LogP contribution is 2.45. The van der Waals surface area contributed by atoms with Crippen molar-refractivity contribution in [3.05, 3.63) is 82.9 Å². The minimum atomic E-state index is -0.273. The lowest BCUT2D eigenvalue weighted by atomic mass is 9.93. The Hall–Kier alpha value is -1.91. The number of likely N-dealkylation sites (tertiary alicyclic amines) is 1. The van der Waals surface area contributed by atoms with E-state index < -0.39 is 0 Å². The number of ether oxygens (including phenoxy) is 1. The van der Waals surface area contributed by atoms with Crippen LogP contribution in [-0.2, 0) is 16.1 Å². The number of carbonyl (C=O) groups is 1. The van der Waals surface area contributed by atoms with Crippen LogP contribution < -0.4 is 0 Å². The van der Waals surface area contributed by atoms with Crippen LogP contribution >= 0.6 is 15.9 Å². The zero-order chi connectivity index (χ0) is 17.8. The molecular weight excluding hydrogens is 378 g/mol. The van der Waals surface area contributed by atoms with Gasteiger partial charge in [0.1, 0.15) is 6.04 Å². The molecule has 130 valence electrons. The lowest BCUT2D eigenvalue weighted by Crippen LogP contribution is -2.38. The van der Waals surface area contributed by atoms with Crippen LogP contribution in [0.5, 0.6) is 0 Å². The van der Waals surface area contributed by atoms with Crippen molar-refractivity contribution in [2.45, 2.75) is 25.0 Å². The Morgan fingerprint density at radius 2 is 1.92 bits per heavy atom. The Labute approximate surface area is 157 Å². The number of halogens is 1. The molecule has 2 aromatic rings. The number of hydrogen-bond acceptors (Lipinski definition) is 3. The summed E-state index contributed by atoms with van der Waals surface area (Å²) in [5, 5.41) is 0. The van der Waals surface area contributed by atoms with Crippen molar-refractivity contribution >= 4 is 21.9 Å². The van der Waals surface area contributed by atoms with E-state index in [1.54, 1.807) is 0 Å². The molecule has 25 heavy (non-hydrogen) atoms. The highest BCUT2D eigenvalue weighted by atomic mass is 79.9. The predicted molar refractivity (Wildman–Crippen MR) is 103 cm³/mol. The van der Waals surface area contributed by atoms with Crippen molar-refractivity contribution in [2.75, 3.05) is 7.11 Å². The van der Waals surface area contributed by atoms with E-state index in [0.29, 0.717) is 6.54 Å². The van der Waals surface area contributed by atoms with Crippen molar-refractivity contribution in [3.63, 3.8) is 0 Å². The maximum Gasteiger partial charge on any atom is 0.323 e. The summed E-state index contributed by atoms with van der Waals surface area (Å²) in [6.07, 6.45) is 2.68. The topological polar surface area (TPSA) is 29.5 Å². The van der Waals surface area contributed by atoms with Gasteiger partial charge in [-0.3, -0.25) is 9.69 Å². The molecule has 0 spiro atoms. The quantitative estimate of drug-likeness (QED) is 0.537. The maximum atomic E-state index is 12.4. The molecule has 3 nitrogen and oxygen atoms in total. The molecule has 4 heteroatoms. The molecule has 3 atom stereocenters. The molecule has 0 N–H and O–H groups in total. The summed E-state index contributed by atoms with van der Waals surface area (Å²) in [5.41, 5.74) is 2.35. The minimum Gasteiger partial charge on any atom is -0.468 e. The minimum absolute atomic E-state index is 0.0809. The van der Waals surface area contributed by atoms with Gasteiger partial charge in [-0.1, -0.05) is 70.5 Å². The molecule has 1 saturated heterocycles. The van der Waals surface area contributed by atoms with Crippen molar-refractivity contribution in [3.8, 4) is 0 Å². The van der Waals surface area contributed by atoms with Crippen LogP contribution in [0.3, 0.4) is 0 Å². The van der Waals surface area contributed by atoms with Gasteiger partial charge in [0.25, 0.3) is 0 Å². The Kier molecular flexibility index (Phi) is 5.71. The van der Waals surface area contributed by atoms with Crippen LogP contribution in [0.2, 0.25) is 0 Å². The molecule has 1 aliphatic heterocycles. The molecule has 3 rings (SSSR count). The number of rotatable bonds is 5. The Morgan fingerprint density at radius 1 is 1.24 bits per heavy atom. The molecule has 1 heterocycles. The summed E-state index contributed by atoms with van der Waals surface area (Å²) in [6, 6.07) is 18.2. The smallest absolute Gasteiger partial charge is 0.323 e.